The molecule has 9 nitrogen and oxygen atoms in total. The molecule has 3 rings (SSSR count). The Morgan fingerprint density at radius 1 is 1.28 bits per heavy atom. The molecule has 2 aromatic rings. The van der Waals surface area contributed by atoms with Gasteiger partial charge in [0, 0.05) is 23.1 Å². The highest BCUT2D eigenvalue weighted by molar-refractivity contribution is 7.99. The molecular weight excluding hydrogens is 398 g/mol. The van der Waals surface area contributed by atoms with Crippen molar-refractivity contribution in [1.29, 1.82) is 0 Å². The van der Waals surface area contributed by atoms with E-state index in [1.807, 2.05) is 0 Å². The van der Waals surface area contributed by atoms with E-state index in [0.717, 1.165) is 4.90 Å². The third-order valence-corrected chi connectivity index (χ3v) is 5.16. The Bertz CT molecular complexity index is 994. The molecule has 150 valence electrons. The number of ether oxygens (including phenoxy) is 1. The number of nitrogens with one attached hydrogen (secondary N) is 2. The van der Waals surface area contributed by atoms with Gasteiger partial charge in [-0.2, -0.15) is 0 Å². The second-order valence-corrected chi connectivity index (χ2v) is 7.31. The summed E-state index contributed by atoms with van der Waals surface area (Å²) in [6.07, 6.45) is -0.813. The number of benzene rings is 2. The van der Waals surface area contributed by atoms with Crippen LogP contribution in [0.2, 0.25) is 0 Å². The van der Waals surface area contributed by atoms with Gasteiger partial charge in [0.2, 0.25) is 5.91 Å². The Balaban J connectivity index is 1.68. The van der Waals surface area contributed by atoms with E-state index in [0.29, 0.717) is 17.9 Å². The molecule has 10 heteroatoms. The van der Waals surface area contributed by atoms with Crippen molar-refractivity contribution in [2.24, 2.45) is 0 Å². The van der Waals surface area contributed by atoms with Crippen molar-refractivity contribution >= 4 is 46.6 Å². The molecule has 0 unspecified atom stereocenters. The summed E-state index contributed by atoms with van der Waals surface area (Å²) in [6.45, 7) is 1.36. The number of hydrogen-bond acceptors (Lipinski definition) is 7. The molecule has 2 amide bonds. The SMILES string of the molecule is C[C@@H](OC(=O)c1ccc2c(c1)NC(=O)CCS2)C(=O)Nc1ccccc1[N+](=O)[O-]. The van der Waals surface area contributed by atoms with Crippen LogP contribution in [0.1, 0.15) is 23.7 Å². The average molecular weight is 415 g/mol. The second kappa shape index (κ2) is 8.74. The van der Waals surface area contributed by atoms with Crippen molar-refractivity contribution in [2.45, 2.75) is 24.3 Å². The zero-order chi connectivity index (χ0) is 21.0. The smallest absolute Gasteiger partial charge is 0.338 e. The number of anilines is 2. The van der Waals surface area contributed by atoms with Crippen LogP contribution in [0.4, 0.5) is 17.1 Å². The molecule has 2 aromatic carbocycles. The fraction of sp³-hybridized carbons (Fsp3) is 0.211. The number of rotatable bonds is 5. The Kier molecular flexibility index (Phi) is 6.13. The molecule has 1 heterocycles. The number of hydrogen-bond donors (Lipinski definition) is 2. The number of carbonyl (C=O) groups excluding carboxylic acids is 3. The minimum absolute atomic E-state index is 0.00941. The molecule has 0 saturated heterocycles. The van der Waals surface area contributed by atoms with Gasteiger partial charge in [0.25, 0.3) is 11.6 Å². The molecule has 0 saturated carbocycles. The highest BCUT2D eigenvalue weighted by Gasteiger charge is 2.23. The van der Waals surface area contributed by atoms with Gasteiger partial charge in [0.1, 0.15) is 5.69 Å². The molecular formula is C19H17N3O6S. The number of thioether (sulfide) groups is 1. The maximum atomic E-state index is 12.4. The van der Waals surface area contributed by atoms with Crippen LogP contribution in [0, 0.1) is 10.1 Å². The predicted octanol–water partition coefficient (Wildman–Crippen LogP) is 3.21. The summed E-state index contributed by atoms with van der Waals surface area (Å²) in [4.78, 5) is 47.7. The number of nitro benzene ring substituents is 1. The zero-order valence-corrected chi connectivity index (χ0v) is 16.2. The average Bonchev–Trinajstić information content (AvgIpc) is 2.87. The van der Waals surface area contributed by atoms with Crippen LogP contribution >= 0.6 is 11.8 Å². The number of nitro groups is 1. The van der Waals surface area contributed by atoms with Gasteiger partial charge in [-0.1, -0.05) is 12.1 Å². The predicted molar refractivity (Wildman–Crippen MR) is 107 cm³/mol. The fourth-order valence-corrected chi connectivity index (χ4v) is 3.54. The van der Waals surface area contributed by atoms with E-state index in [1.165, 1.54) is 43.0 Å². The monoisotopic (exact) mass is 415 g/mol. The van der Waals surface area contributed by atoms with Gasteiger partial charge in [0.05, 0.1) is 16.2 Å². The van der Waals surface area contributed by atoms with Crippen molar-refractivity contribution < 1.29 is 24.0 Å². The maximum absolute atomic E-state index is 12.4. The van der Waals surface area contributed by atoms with Crippen molar-refractivity contribution in [3.05, 3.63) is 58.1 Å². The number of nitrogens with zero attached hydrogens (tertiary/aromatic N) is 1. The third-order valence-electron chi connectivity index (χ3n) is 4.09. The quantitative estimate of drug-likeness (QED) is 0.436. The lowest BCUT2D eigenvalue weighted by atomic mass is 10.2. The molecule has 0 radical (unpaired) electrons. The summed E-state index contributed by atoms with van der Waals surface area (Å²) in [5.74, 6) is -0.947. The topological polar surface area (TPSA) is 128 Å². The first-order chi connectivity index (χ1) is 13.8. The largest absolute Gasteiger partial charge is 0.449 e. The summed E-state index contributed by atoms with van der Waals surface area (Å²) in [5, 5.41) is 16.2. The van der Waals surface area contributed by atoms with Gasteiger partial charge in [-0.3, -0.25) is 19.7 Å². The molecule has 0 bridgehead atoms. The molecule has 0 aromatic heterocycles. The van der Waals surface area contributed by atoms with Crippen LogP contribution in [0.3, 0.4) is 0 Å². The molecule has 1 atom stereocenters. The molecule has 0 aliphatic carbocycles. The Morgan fingerprint density at radius 2 is 2.03 bits per heavy atom. The van der Waals surface area contributed by atoms with Gasteiger partial charge >= 0.3 is 5.97 Å². The Morgan fingerprint density at radius 3 is 2.79 bits per heavy atom. The number of esters is 1. The highest BCUT2D eigenvalue weighted by atomic mass is 32.2. The van der Waals surface area contributed by atoms with Crippen LogP contribution < -0.4 is 10.6 Å². The summed E-state index contributed by atoms with van der Waals surface area (Å²) in [7, 11) is 0. The Labute approximate surface area is 170 Å². The van der Waals surface area contributed by atoms with Crippen LogP contribution in [0.15, 0.2) is 47.4 Å². The maximum Gasteiger partial charge on any atom is 0.338 e. The van der Waals surface area contributed by atoms with Gasteiger partial charge in [0.15, 0.2) is 6.10 Å². The molecule has 1 aliphatic heterocycles. The van der Waals surface area contributed by atoms with Crippen molar-refractivity contribution in [3.8, 4) is 0 Å². The summed E-state index contributed by atoms with van der Waals surface area (Å²) in [5.41, 5.74) is 0.439. The van der Waals surface area contributed by atoms with E-state index in [2.05, 4.69) is 10.6 Å². The van der Waals surface area contributed by atoms with Crippen LogP contribution in [0.5, 0.6) is 0 Å². The lowest BCUT2D eigenvalue weighted by Crippen LogP contribution is -2.30. The minimum atomic E-state index is -1.19. The molecule has 2 N–H and O–H groups in total. The van der Waals surface area contributed by atoms with Gasteiger partial charge < -0.3 is 15.4 Å². The first kappa shape index (κ1) is 20.3. The van der Waals surface area contributed by atoms with Gasteiger partial charge in [-0.25, -0.2) is 4.79 Å². The molecule has 29 heavy (non-hydrogen) atoms. The molecule has 0 fully saturated rings. The standard InChI is InChI=1S/C19H17N3O6S/c1-11(18(24)21-13-4-2-3-5-15(13)22(26)27)28-19(25)12-6-7-16-14(10-12)20-17(23)8-9-29-16/h2-7,10-11H,8-9H2,1H3,(H,20,23)(H,21,24)/t11-/m1/s1. The van der Waals surface area contributed by atoms with Crippen LogP contribution in [-0.4, -0.2) is 34.6 Å². The number of amides is 2. The van der Waals surface area contributed by atoms with E-state index < -0.39 is 22.9 Å². The van der Waals surface area contributed by atoms with Crippen molar-refractivity contribution in [2.75, 3.05) is 16.4 Å². The van der Waals surface area contributed by atoms with Crippen molar-refractivity contribution in [3.63, 3.8) is 0 Å². The van der Waals surface area contributed by atoms with E-state index >= 15 is 0 Å². The van der Waals surface area contributed by atoms with Crippen LogP contribution in [0.25, 0.3) is 0 Å². The summed E-state index contributed by atoms with van der Waals surface area (Å²) < 4.78 is 5.18. The normalized spacial score (nSPS) is 14.0. The highest BCUT2D eigenvalue weighted by Crippen LogP contribution is 2.31. The van der Waals surface area contributed by atoms with E-state index in [9.17, 15) is 24.5 Å². The summed E-state index contributed by atoms with van der Waals surface area (Å²) >= 11 is 1.50. The number of para-hydroxylation sites is 2. The summed E-state index contributed by atoms with van der Waals surface area (Å²) in [6, 6.07) is 10.4. The molecule has 1 aliphatic rings. The lowest BCUT2D eigenvalue weighted by Gasteiger charge is -2.14. The Hall–Kier alpha value is -3.40. The van der Waals surface area contributed by atoms with E-state index in [4.69, 9.17) is 4.74 Å². The van der Waals surface area contributed by atoms with Gasteiger partial charge in [-0.15, -0.1) is 11.8 Å². The van der Waals surface area contributed by atoms with Gasteiger partial charge in [-0.05, 0) is 31.2 Å². The van der Waals surface area contributed by atoms with E-state index in [1.54, 1.807) is 18.2 Å². The van der Waals surface area contributed by atoms with E-state index in [-0.39, 0.29) is 22.8 Å². The first-order valence-corrected chi connectivity index (χ1v) is 9.65. The lowest BCUT2D eigenvalue weighted by molar-refractivity contribution is -0.383. The van der Waals surface area contributed by atoms with Crippen molar-refractivity contribution in [1.82, 2.24) is 0 Å². The minimum Gasteiger partial charge on any atom is -0.449 e. The zero-order valence-electron chi connectivity index (χ0n) is 15.3. The van der Waals surface area contributed by atoms with Crippen LogP contribution in [-0.2, 0) is 14.3 Å². The number of fused-ring (bicyclic) bond motifs is 1. The third kappa shape index (κ3) is 4.91. The fourth-order valence-electron chi connectivity index (χ4n) is 2.60. The first-order valence-electron chi connectivity index (χ1n) is 8.67. The second-order valence-electron chi connectivity index (χ2n) is 6.17. The molecule has 0 spiro atoms. The number of carbonyl (C=O) groups is 3.